The maximum Gasteiger partial charge on any atom is 0.333 e. The molecule has 1 atom stereocenters. The lowest BCUT2D eigenvalue weighted by molar-refractivity contribution is -0.135. The zero-order chi connectivity index (χ0) is 22.0. The van der Waals surface area contributed by atoms with E-state index in [0.29, 0.717) is 13.0 Å². The summed E-state index contributed by atoms with van der Waals surface area (Å²) in [5.74, 6) is 2.15. The van der Waals surface area contributed by atoms with E-state index in [1.165, 1.54) is 29.8 Å². The third-order valence-electron chi connectivity index (χ3n) is 4.92. The number of esters is 1. The predicted octanol–water partition coefficient (Wildman–Crippen LogP) is 3.66. The van der Waals surface area contributed by atoms with Crippen LogP contribution in [0.15, 0.2) is 73.0 Å². The van der Waals surface area contributed by atoms with Crippen LogP contribution in [0.5, 0.6) is 0 Å². The van der Waals surface area contributed by atoms with E-state index < -0.39 is 14.3 Å². The highest BCUT2D eigenvalue weighted by molar-refractivity contribution is 6.99. The van der Waals surface area contributed by atoms with Crippen molar-refractivity contribution in [3.63, 3.8) is 0 Å². The number of hydrogen-bond acceptors (Lipinski definition) is 4. The first kappa shape index (κ1) is 23.5. The summed E-state index contributed by atoms with van der Waals surface area (Å²) in [6.07, 6.45) is 8.08. The van der Waals surface area contributed by atoms with Gasteiger partial charge in [0, 0.05) is 6.42 Å². The van der Waals surface area contributed by atoms with Gasteiger partial charge >= 0.3 is 5.97 Å². The molecule has 0 spiro atoms. The summed E-state index contributed by atoms with van der Waals surface area (Å²) >= 11 is 0. The summed E-state index contributed by atoms with van der Waals surface area (Å²) < 4.78 is 17.1. The van der Waals surface area contributed by atoms with Gasteiger partial charge in [-0.1, -0.05) is 81.4 Å². The third kappa shape index (κ3) is 5.62. The highest BCUT2D eigenvalue weighted by Gasteiger charge is 2.50. The largest absolute Gasteiger partial charge is 0.494 e. The van der Waals surface area contributed by atoms with Gasteiger partial charge in [0.25, 0.3) is 8.32 Å². The molecule has 0 radical (unpaired) electrons. The molecule has 2 rings (SSSR count). The fourth-order valence-electron chi connectivity index (χ4n) is 3.53. The minimum atomic E-state index is -2.67. The van der Waals surface area contributed by atoms with E-state index in [4.69, 9.17) is 15.6 Å². The molecule has 2 aromatic carbocycles. The van der Waals surface area contributed by atoms with Gasteiger partial charge in [-0.15, -0.1) is 12.3 Å². The van der Waals surface area contributed by atoms with Crippen LogP contribution in [-0.4, -0.2) is 34.1 Å². The molecule has 0 bridgehead atoms. The Labute approximate surface area is 181 Å². The molecule has 158 valence electrons. The summed E-state index contributed by atoms with van der Waals surface area (Å²) in [4.78, 5) is 11.3. The monoisotopic (exact) mass is 422 g/mol. The molecule has 5 heteroatoms. The van der Waals surface area contributed by atoms with E-state index in [0.717, 1.165) is 0 Å². The quantitative estimate of drug-likeness (QED) is 0.203. The van der Waals surface area contributed by atoms with E-state index >= 15 is 0 Å². The summed E-state index contributed by atoms with van der Waals surface area (Å²) in [6, 6.07) is 20.8. The van der Waals surface area contributed by atoms with E-state index in [9.17, 15) is 4.79 Å². The Kier molecular flexibility index (Phi) is 8.46. The van der Waals surface area contributed by atoms with Crippen molar-refractivity contribution in [3.8, 4) is 12.3 Å². The normalized spacial score (nSPS) is 12.9. The molecule has 0 saturated heterocycles. The number of methoxy groups -OCH3 is 1. The SMILES string of the molecule is C#CC[C@H](CO[Si](c1ccccc1)(c1ccccc1)C(C)(C)C)O/C=C/C(=O)OC. The highest BCUT2D eigenvalue weighted by Crippen LogP contribution is 2.36. The predicted molar refractivity (Wildman–Crippen MR) is 123 cm³/mol. The molecule has 0 aliphatic carbocycles. The van der Waals surface area contributed by atoms with E-state index in [1.807, 2.05) is 36.4 Å². The van der Waals surface area contributed by atoms with Crippen LogP contribution in [0.25, 0.3) is 0 Å². The second-order valence-corrected chi connectivity index (χ2v) is 12.3. The lowest BCUT2D eigenvalue weighted by Crippen LogP contribution is -2.67. The zero-order valence-electron chi connectivity index (χ0n) is 18.1. The molecule has 0 aromatic heterocycles. The maximum atomic E-state index is 11.3. The second kappa shape index (κ2) is 10.8. The van der Waals surface area contributed by atoms with Gasteiger partial charge in [-0.3, -0.25) is 0 Å². The maximum absolute atomic E-state index is 11.3. The molecule has 2 aromatic rings. The van der Waals surface area contributed by atoms with Crippen molar-refractivity contribution in [2.75, 3.05) is 13.7 Å². The minimum Gasteiger partial charge on any atom is -0.494 e. The van der Waals surface area contributed by atoms with Crippen molar-refractivity contribution in [1.29, 1.82) is 0 Å². The van der Waals surface area contributed by atoms with Crippen molar-refractivity contribution >= 4 is 24.7 Å². The van der Waals surface area contributed by atoms with Gasteiger partial charge in [0.1, 0.15) is 6.10 Å². The standard InChI is InChI=1S/C25H30O4Si/c1-6-13-21(28-19-18-24(26)27-5)20-29-30(25(2,3)4,22-14-9-7-10-15-22)23-16-11-8-12-17-23/h1,7-12,14-19,21H,13,20H2,2-5H3/b19-18+/t21-/m1/s1. The molecule has 0 fully saturated rings. The topological polar surface area (TPSA) is 44.8 Å². The number of hydrogen-bond donors (Lipinski definition) is 0. The van der Waals surface area contributed by atoms with Crippen LogP contribution in [0.3, 0.4) is 0 Å². The van der Waals surface area contributed by atoms with Crippen molar-refractivity contribution in [3.05, 3.63) is 73.0 Å². The summed E-state index contributed by atoms with van der Waals surface area (Å²) in [7, 11) is -1.36. The minimum absolute atomic E-state index is 0.141. The molecule has 0 amide bonds. The molecule has 0 heterocycles. The van der Waals surface area contributed by atoms with Gasteiger partial charge in [0.05, 0.1) is 26.1 Å². The van der Waals surface area contributed by atoms with Crippen LogP contribution >= 0.6 is 0 Å². The average Bonchev–Trinajstić information content (AvgIpc) is 2.74. The lowest BCUT2D eigenvalue weighted by atomic mass is 10.2. The summed E-state index contributed by atoms with van der Waals surface area (Å²) in [5, 5.41) is 2.24. The molecule has 0 unspecified atom stereocenters. The van der Waals surface area contributed by atoms with Crippen molar-refractivity contribution in [2.24, 2.45) is 0 Å². The number of carbonyl (C=O) groups is 1. The molecule has 0 aliphatic heterocycles. The van der Waals surface area contributed by atoms with Crippen molar-refractivity contribution < 1.29 is 18.7 Å². The van der Waals surface area contributed by atoms with Crippen molar-refractivity contribution in [2.45, 2.75) is 38.3 Å². The molecule has 0 aliphatic rings. The number of benzene rings is 2. The van der Waals surface area contributed by atoms with Crippen LogP contribution in [-0.2, 0) is 18.7 Å². The van der Waals surface area contributed by atoms with Gasteiger partial charge in [-0.05, 0) is 15.4 Å². The second-order valence-electron chi connectivity index (χ2n) is 7.97. The Morgan fingerprint density at radius 1 is 1.07 bits per heavy atom. The number of rotatable bonds is 9. The Balaban J connectivity index is 2.41. The number of carbonyl (C=O) groups excluding carboxylic acids is 1. The summed E-state index contributed by atoms with van der Waals surface area (Å²) in [6.45, 7) is 6.96. The van der Waals surface area contributed by atoms with Crippen LogP contribution in [0.4, 0.5) is 0 Å². The van der Waals surface area contributed by atoms with Crippen molar-refractivity contribution in [1.82, 2.24) is 0 Å². The lowest BCUT2D eigenvalue weighted by Gasteiger charge is -2.43. The Morgan fingerprint density at radius 2 is 1.60 bits per heavy atom. The average molecular weight is 423 g/mol. The highest BCUT2D eigenvalue weighted by atomic mass is 28.4. The number of ether oxygens (including phenoxy) is 2. The smallest absolute Gasteiger partial charge is 0.333 e. The first-order valence-corrected chi connectivity index (χ1v) is 11.8. The van der Waals surface area contributed by atoms with E-state index in [2.05, 4.69) is 55.7 Å². The van der Waals surface area contributed by atoms with E-state index in [1.54, 1.807) is 0 Å². The molecular weight excluding hydrogens is 392 g/mol. The molecule has 30 heavy (non-hydrogen) atoms. The van der Waals surface area contributed by atoms with Crippen LogP contribution in [0, 0.1) is 12.3 Å². The Hall–Kier alpha value is -2.81. The first-order chi connectivity index (χ1) is 14.3. The fourth-order valence-corrected chi connectivity index (χ4v) is 8.12. The fraction of sp³-hybridized carbons (Fsp3) is 0.320. The van der Waals surface area contributed by atoms with Gasteiger partial charge in [0.2, 0.25) is 0 Å². The van der Waals surface area contributed by atoms with Gasteiger partial charge < -0.3 is 13.9 Å². The summed E-state index contributed by atoms with van der Waals surface area (Å²) in [5.41, 5.74) is 0. The van der Waals surface area contributed by atoms with Crippen LogP contribution < -0.4 is 10.4 Å². The third-order valence-corrected chi connectivity index (χ3v) is 9.93. The number of terminal acetylenes is 1. The molecule has 4 nitrogen and oxygen atoms in total. The Bertz CT molecular complexity index is 824. The van der Waals surface area contributed by atoms with Gasteiger partial charge in [0.15, 0.2) is 0 Å². The van der Waals surface area contributed by atoms with E-state index in [-0.39, 0.29) is 11.1 Å². The van der Waals surface area contributed by atoms with Gasteiger partial charge in [-0.2, -0.15) is 0 Å². The van der Waals surface area contributed by atoms with Gasteiger partial charge in [-0.25, -0.2) is 4.79 Å². The first-order valence-electron chi connectivity index (χ1n) is 9.93. The van der Waals surface area contributed by atoms with Crippen LogP contribution in [0.2, 0.25) is 5.04 Å². The Morgan fingerprint density at radius 3 is 2.03 bits per heavy atom. The van der Waals surface area contributed by atoms with Crippen LogP contribution in [0.1, 0.15) is 27.2 Å². The molecule has 0 saturated carbocycles. The molecular formula is C25H30O4Si. The zero-order valence-corrected chi connectivity index (χ0v) is 19.1. The molecule has 0 N–H and O–H groups in total.